The van der Waals surface area contributed by atoms with E-state index in [0.29, 0.717) is 18.4 Å². The molecular weight excluding hydrogens is 453 g/mol. The highest BCUT2D eigenvalue weighted by Gasteiger charge is 2.33. The molecule has 0 bridgehead atoms. The molecule has 1 aliphatic heterocycles. The van der Waals surface area contributed by atoms with E-state index in [1.165, 1.54) is 40.7 Å². The fourth-order valence-corrected chi connectivity index (χ4v) is 5.48. The molecule has 33 heavy (non-hydrogen) atoms. The zero-order valence-corrected chi connectivity index (χ0v) is 18.9. The highest BCUT2D eigenvalue weighted by Crippen LogP contribution is 2.40. The number of aromatic carboxylic acids is 1. The van der Waals surface area contributed by atoms with Crippen LogP contribution in [0.25, 0.3) is 22.3 Å². The second-order valence-corrected chi connectivity index (χ2v) is 10.1. The van der Waals surface area contributed by atoms with Crippen LogP contribution < -0.4 is 4.74 Å². The van der Waals surface area contributed by atoms with E-state index >= 15 is 0 Å². The number of carboxylic acids is 1. The first kappa shape index (κ1) is 23.2. The molecule has 1 aromatic heterocycles. The lowest BCUT2D eigenvalue weighted by Crippen LogP contribution is -2.40. The first-order chi connectivity index (χ1) is 15.6. The number of aliphatic hydroxyl groups excluding tert-OH is 1. The first-order valence-electron chi connectivity index (χ1n) is 10.5. The van der Waals surface area contributed by atoms with Crippen molar-refractivity contribution in [3.8, 4) is 17.1 Å². The van der Waals surface area contributed by atoms with Crippen molar-refractivity contribution in [2.45, 2.75) is 43.8 Å². The largest absolute Gasteiger partial charge is 0.490 e. The number of halogens is 1. The van der Waals surface area contributed by atoms with Crippen LogP contribution in [0.15, 0.2) is 45.7 Å². The maximum absolute atomic E-state index is 13.4. The Morgan fingerprint density at radius 2 is 1.82 bits per heavy atom. The highest BCUT2D eigenvalue weighted by atomic mass is 32.2. The van der Waals surface area contributed by atoms with Gasteiger partial charge in [-0.15, -0.1) is 0 Å². The van der Waals surface area contributed by atoms with Crippen LogP contribution in [-0.4, -0.2) is 54.2 Å². The van der Waals surface area contributed by atoms with Crippen LogP contribution in [0.4, 0.5) is 4.39 Å². The number of benzene rings is 2. The molecule has 1 aliphatic rings. The van der Waals surface area contributed by atoms with E-state index in [1.54, 1.807) is 13.8 Å². The minimum absolute atomic E-state index is 0.0105. The third-order valence-corrected chi connectivity index (χ3v) is 7.40. The summed E-state index contributed by atoms with van der Waals surface area (Å²) in [5.74, 6) is -1.76. The van der Waals surface area contributed by atoms with E-state index in [9.17, 15) is 27.8 Å². The minimum atomic E-state index is -4.01. The lowest BCUT2D eigenvalue weighted by molar-refractivity contribution is 0.0699. The van der Waals surface area contributed by atoms with Gasteiger partial charge in [0.2, 0.25) is 10.0 Å². The standard InChI is InChI=1S/C23H24FNO7S/c1-13(2)31-19-11-17-18(12-20(19)33(29,30)25-9-7-16(26)8-10-25)32-22(21(17)23(27)28)14-3-5-15(24)6-4-14/h3-6,11-13,16,26H,7-10H2,1-2H3,(H,27,28). The fourth-order valence-electron chi connectivity index (χ4n) is 3.89. The number of carbonyl (C=O) groups is 1. The third-order valence-electron chi connectivity index (χ3n) is 5.48. The maximum atomic E-state index is 13.4. The van der Waals surface area contributed by atoms with Crippen molar-refractivity contribution in [2.24, 2.45) is 0 Å². The Hall–Kier alpha value is -2.95. The summed E-state index contributed by atoms with van der Waals surface area (Å²) in [6.07, 6.45) is -0.288. The molecule has 4 rings (SSSR count). The van der Waals surface area contributed by atoms with E-state index in [1.807, 2.05) is 0 Å². The quantitative estimate of drug-likeness (QED) is 0.553. The van der Waals surface area contributed by atoms with Crippen molar-refractivity contribution in [1.29, 1.82) is 0 Å². The molecule has 0 atom stereocenters. The summed E-state index contributed by atoms with van der Waals surface area (Å²) in [5.41, 5.74) is 0.222. The second kappa shape index (κ2) is 8.77. The lowest BCUT2D eigenvalue weighted by Gasteiger charge is -2.29. The van der Waals surface area contributed by atoms with Gasteiger partial charge in [-0.05, 0) is 57.0 Å². The number of hydrogen-bond acceptors (Lipinski definition) is 6. The summed E-state index contributed by atoms with van der Waals surface area (Å²) < 4.78 is 53.1. The van der Waals surface area contributed by atoms with E-state index < -0.39 is 27.9 Å². The van der Waals surface area contributed by atoms with Gasteiger partial charge >= 0.3 is 5.97 Å². The molecule has 0 aliphatic carbocycles. The molecule has 0 spiro atoms. The number of furan rings is 1. The number of rotatable bonds is 6. The monoisotopic (exact) mass is 477 g/mol. The van der Waals surface area contributed by atoms with Crippen molar-refractivity contribution >= 4 is 27.0 Å². The molecule has 8 nitrogen and oxygen atoms in total. The van der Waals surface area contributed by atoms with Crippen LogP contribution in [0, 0.1) is 5.82 Å². The van der Waals surface area contributed by atoms with Gasteiger partial charge in [-0.2, -0.15) is 4.31 Å². The summed E-state index contributed by atoms with van der Waals surface area (Å²) in [6.45, 7) is 3.77. The van der Waals surface area contributed by atoms with Gasteiger partial charge < -0.3 is 19.4 Å². The van der Waals surface area contributed by atoms with Gasteiger partial charge in [0, 0.05) is 30.1 Å². The summed E-state index contributed by atoms with van der Waals surface area (Å²) in [4.78, 5) is 12.0. The number of piperidine rings is 1. The van der Waals surface area contributed by atoms with E-state index in [0.717, 1.165) is 0 Å². The summed E-state index contributed by atoms with van der Waals surface area (Å²) >= 11 is 0. The molecule has 0 unspecified atom stereocenters. The SMILES string of the molecule is CC(C)Oc1cc2c(C(=O)O)c(-c3ccc(F)cc3)oc2cc1S(=O)(=O)N1CCC(O)CC1. The van der Waals surface area contributed by atoms with E-state index in [-0.39, 0.29) is 52.1 Å². The van der Waals surface area contributed by atoms with Gasteiger partial charge in [-0.1, -0.05) is 0 Å². The zero-order chi connectivity index (χ0) is 23.9. The van der Waals surface area contributed by atoms with Crippen molar-refractivity contribution in [3.05, 3.63) is 47.8 Å². The molecule has 3 aromatic rings. The van der Waals surface area contributed by atoms with Crippen LogP contribution in [-0.2, 0) is 10.0 Å². The smallest absolute Gasteiger partial charge is 0.340 e. The first-order valence-corrected chi connectivity index (χ1v) is 12.0. The Morgan fingerprint density at radius 3 is 2.39 bits per heavy atom. The van der Waals surface area contributed by atoms with Crippen LogP contribution in [0.1, 0.15) is 37.0 Å². The maximum Gasteiger partial charge on any atom is 0.340 e. The molecule has 0 saturated carbocycles. The molecular formula is C23H24FNO7S. The van der Waals surface area contributed by atoms with Gasteiger partial charge in [-0.25, -0.2) is 17.6 Å². The van der Waals surface area contributed by atoms with Crippen LogP contribution in [0.5, 0.6) is 5.75 Å². The van der Waals surface area contributed by atoms with Gasteiger partial charge in [-0.3, -0.25) is 0 Å². The van der Waals surface area contributed by atoms with Crippen molar-refractivity contribution in [3.63, 3.8) is 0 Å². The zero-order valence-electron chi connectivity index (χ0n) is 18.1. The number of ether oxygens (including phenoxy) is 1. The van der Waals surface area contributed by atoms with Crippen molar-refractivity contribution < 1.29 is 37.0 Å². The van der Waals surface area contributed by atoms with Crippen molar-refractivity contribution in [2.75, 3.05) is 13.1 Å². The number of sulfonamides is 1. The minimum Gasteiger partial charge on any atom is -0.490 e. The van der Waals surface area contributed by atoms with Crippen LogP contribution in [0.3, 0.4) is 0 Å². The van der Waals surface area contributed by atoms with E-state index in [4.69, 9.17) is 9.15 Å². The summed E-state index contributed by atoms with van der Waals surface area (Å²) in [6, 6.07) is 7.78. The van der Waals surface area contributed by atoms with Crippen LogP contribution >= 0.6 is 0 Å². The molecule has 176 valence electrons. The van der Waals surface area contributed by atoms with Gasteiger partial charge in [0.25, 0.3) is 0 Å². The predicted octanol–water partition coefficient (Wildman–Crippen LogP) is 3.87. The van der Waals surface area contributed by atoms with E-state index in [2.05, 4.69) is 0 Å². The number of carboxylic acid groups (broad SMARTS) is 1. The normalized spacial score (nSPS) is 15.9. The van der Waals surface area contributed by atoms with Crippen molar-refractivity contribution in [1.82, 2.24) is 4.31 Å². The topological polar surface area (TPSA) is 117 Å². The number of fused-ring (bicyclic) bond motifs is 1. The average Bonchev–Trinajstić information content (AvgIpc) is 3.12. The molecule has 1 saturated heterocycles. The Kier molecular flexibility index (Phi) is 6.17. The summed E-state index contributed by atoms with van der Waals surface area (Å²) in [5, 5.41) is 19.8. The lowest BCUT2D eigenvalue weighted by atomic mass is 10.1. The molecule has 2 N–H and O–H groups in total. The Morgan fingerprint density at radius 1 is 1.18 bits per heavy atom. The third kappa shape index (κ3) is 4.46. The Balaban J connectivity index is 1.92. The number of hydrogen-bond donors (Lipinski definition) is 2. The average molecular weight is 478 g/mol. The fraction of sp³-hybridized carbons (Fsp3) is 0.348. The molecule has 1 fully saturated rings. The van der Waals surface area contributed by atoms with Gasteiger partial charge in [0.1, 0.15) is 33.4 Å². The molecule has 2 heterocycles. The molecule has 10 heteroatoms. The number of nitrogens with zero attached hydrogens (tertiary/aromatic N) is 1. The summed E-state index contributed by atoms with van der Waals surface area (Å²) in [7, 11) is -4.01. The predicted molar refractivity (Wildman–Crippen MR) is 118 cm³/mol. The Bertz CT molecular complexity index is 1290. The molecule has 2 aromatic carbocycles. The number of aliphatic hydroxyl groups is 1. The van der Waals surface area contributed by atoms with Gasteiger partial charge in [0.15, 0.2) is 0 Å². The molecule has 0 radical (unpaired) electrons. The Labute approximate surface area is 190 Å². The van der Waals surface area contributed by atoms with Crippen LogP contribution in [0.2, 0.25) is 0 Å². The second-order valence-electron chi connectivity index (χ2n) is 8.22. The van der Waals surface area contributed by atoms with Gasteiger partial charge in [0.05, 0.1) is 12.2 Å². The molecule has 0 amide bonds. The highest BCUT2D eigenvalue weighted by molar-refractivity contribution is 7.89.